The van der Waals surface area contributed by atoms with Gasteiger partial charge in [0.05, 0.1) is 23.2 Å². The van der Waals surface area contributed by atoms with E-state index in [9.17, 15) is 4.79 Å². The first kappa shape index (κ1) is 12.0. The van der Waals surface area contributed by atoms with Crippen molar-refractivity contribution in [3.63, 3.8) is 0 Å². The predicted molar refractivity (Wildman–Crippen MR) is 74.9 cm³/mol. The van der Waals surface area contributed by atoms with Gasteiger partial charge in [0.15, 0.2) is 11.3 Å². The third kappa shape index (κ3) is 1.79. The molecule has 4 rings (SSSR count). The van der Waals surface area contributed by atoms with Crippen molar-refractivity contribution < 1.29 is 9.90 Å². The fraction of sp³-hybridized carbons (Fsp3) is 0.308. The molecule has 1 aliphatic rings. The Balaban J connectivity index is 1.89. The highest BCUT2D eigenvalue weighted by molar-refractivity contribution is 6.08. The molecule has 4 heterocycles. The minimum absolute atomic E-state index is 0.340. The number of fused-ring (bicyclic) bond motifs is 3. The maximum Gasteiger partial charge on any atom is 0.308 e. The van der Waals surface area contributed by atoms with Crippen molar-refractivity contribution in [1.29, 1.82) is 0 Å². The Labute approximate surface area is 118 Å². The predicted octanol–water partition coefficient (Wildman–Crippen LogP) is 0.812. The summed E-state index contributed by atoms with van der Waals surface area (Å²) in [6, 6.07) is 1.88. The van der Waals surface area contributed by atoms with E-state index < -0.39 is 5.97 Å². The van der Waals surface area contributed by atoms with Gasteiger partial charge in [-0.3, -0.25) is 9.89 Å². The molecule has 3 aromatic rings. The van der Waals surface area contributed by atoms with E-state index in [2.05, 4.69) is 25.4 Å². The van der Waals surface area contributed by atoms with Gasteiger partial charge in [-0.05, 0) is 12.5 Å². The van der Waals surface area contributed by atoms with Gasteiger partial charge in [0, 0.05) is 24.7 Å². The van der Waals surface area contributed by atoms with Crippen molar-refractivity contribution in [3.8, 4) is 0 Å². The van der Waals surface area contributed by atoms with Crippen LogP contribution >= 0.6 is 0 Å². The molecule has 1 atom stereocenters. The van der Waals surface area contributed by atoms with Gasteiger partial charge < -0.3 is 10.0 Å². The number of aromatic amines is 1. The third-order valence-corrected chi connectivity index (χ3v) is 3.92. The summed E-state index contributed by atoms with van der Waals surface area (Å²) in [5.74, 6) is -1.09. The molecule has 0 radical (unpaired) electrons. The quantitative estimate of drug-likeness (QED) is 0.716. The van der Waals surface area contributed by atoms with Gasteiger partial charge in [0.2, 0.25) is 0 Å². The van der Waals surface area contributed by atoms with Crippen molar-refractivity contribution in [2.75, 3.05) is 18.0 Å². The zero-order valence-electron chi connectivity index (χ0n) is 11.0. The number of carboxylic acid groups (broad SMARTS) is 1. The van der Waals surface area contributed by atoms with Gasteiger partial charge in [-0.2, -0.15) is 5.10 Å². The minimum Gasteiger partial charge on any atom is -0.481 e. The average Bonchev–Trinajstić information content (AvgIpc) is 3.15. The largest absolute Gasteiger partial charge is 0.481 e. The Bertz CT molecular complexity index is 845. The molecule has 3 aromatic heterocycles. The molecule has 21 heavy (non-hydrogen) atoms. The fourth-order valence-corrected chi connectivity index (χ4v) is 2.85. The van der Waals surface area contributed by atoms with Crippen LogP contribution in [0.4, 0.5) is 5.69 Å². The van der Waals surface area contributed by atoms with Crippen molar-refractivity contribution in [2.24, 2.45) is 5.92 Å². The highest BCUT2D eigenvalue weighted by atomic mass is 16.4. The van der Waals surface area contributed by atoms with Gasteiger partial charge in [0.25, 0.3) is 0 Å². The van der Waals surface area contributed by atoms with Crippen LogP contribution < -0.4 is 4.90 Å². The Morgan fingerprint density at radius 2 is 2.33 bits per heavy atom. The highest BCUT2D eigenvalue weighted by Crippen LogP contribution is 2.32. The van der Waals surface area contributed by atoms with Crippen LogP contribution in [0.1, 0.15) is 6.42 Å². The number of carboxylic acids is 1. The van der Waals surface area contributed by atoms with Crippen LogP contribution in [0.15, 0.2) is 18.5 Å². The molecule has 0 saturated carbocycles. The molecule has 1 saturated heterocycles. The van der Waals surface area contributed by atoms with E-state index in [1.165, 1.54) is 0 Å². The monoisotopic (exact) mass is 284 g/mol. The summed E-state index contributed by atoms with van der Waals surface area (Å²) >= 11 is 0. The Morgan fingerprint density at radius 3 is 3.14 bits per heavy atom. The normalized spacial score (nSPS) is 18.7. The van der Waals surface area contributed by atoms with E-state index >= 15 is 0 Å². The van der Waals surface area contributed by atoms with E-state index in [0.29, 0.717) is 30.8 Å². The lowest BCUT2D eigenvalue weighted by molar-refractivity contribution is -0.140. The molecular weight excluding hydrogens is 272 g/mol. The molecular formula is C13H12N6O2. The van der Waals surface area contributed by atoms with E-state index in [1.54, 1.807) is 12.4 Å². The number of nitrogens with zero attached hydrogens (tertiary/aromatic N) is 5. The van der Waals surface area contributed by atoms with E-state index in [1.807, 2.05) is 11.0 Å². The third-order valence-electron chi connectivity index (χ3n) is 3.92. The average molecular weight is 284 g/mol. The number of hydrogen-bond acceptors (Lipinski definition) is 6. The molecule has 0 amide bonds. The lowest BCUT2D eigenvalue weighted by Crippen LogP contribution is -2.23. The van der Waals surface area contributed by atoms with E-state index in [-0.39, 0.29) is 5.92 Å². The lowest BCUT2D eigenvalue weighted by Gasteiger charge is -2.19. The first-order valence-electron chi connectivity index (χ1n) is 6.66. The van der Waals surface area contributed by atoms with Gasteiger partial charge in [-0.1, -0.05) is 0 Å². The smallest absolute Gasteiger partial charge is 0.308 e. The molecule has 1 fully saturated rings. The number of carbonyl (C=O) groups is 1. The minimum atomic E-state index is -0.753. The van der Waals surface area contributed by atoms with Crippen molar-refractivity contribution in [3.05, 3.63) is 18.5 Å². The number of H-pyrrole nitrogens is 1. The van der Waals surface area contributed by atoms with Gasteiger partial charge >= 0.3 is 5.97 Å². The van der Waals surface area contributed by atoms with E-state index in [4.69, 9.17) is 5.11 Å². The van der Waals surface area contributed by atoms with Crippen molar-refractivity contribution in [2.45, 2.75) is 6.42 Å². The molecule has 1 unspecified atom stereocenters. The number of aliphatic carboxylic acids is 1. The zero-order valence-corrected chi connectivity index (χ0v) is 11.0. The fourth-order valence-electron chi connectivity index (χ4n) is 2.85. The Morgan fingerprint density at radius 1 is 1.43 bits per heavy atom. The topological polar surface area (TPSA) is 108 Å². The molecule has 0 aliphatic carbocycles. The summed E-state index contributed by atoms with van der Waals surface area (Å²) in [7, 11) is 0. The number of anilines is 1. The maximum atomic E-state index is 11.1. The van der Waals surface area contributed by atoms with Gasteiger partial charge in [-0.15, -0.1) is 10.2 Å². The molecule has 8 nitrogen and oxygen atoms in total. The zero-order chi connectivity index (χ0) is 14.4. The summed E-state index contributed by atoms with van der Waals surface area (Å²) < 4.78 is 0. The van der Waals surface area contributed by atoms with Crippen LogP contribution in [-0.4, -0.2) is 49.5 Å². The van der Waals surface area contributed by atoms with Crippen LogP contribution in [0.3, 0.4) is 0 Å². The number of nitrogens with one attached hydrogen (secondary N) is 1. The summed E-state index contributed by atoms with van der Waals surface area (Å²) in [6.45, 7) is 1.17. The van der Waals surface area contributed by atoms with Crippen molar-refractivity contribution >= 4 is 33.7 Å². The number of rotatable bonds is 2. The Kier molecular flexibility index (Phi) is 2.50. The molecule has 0 spiro atoms. The van der Waals surface area contributed by atoms with Crippen LogP contribution in [0.2, 0.25) is 0 Å². The lowest BCUT2D eigenvalue weighted by atomic mass is 10.1. The molecule has 8 heteroatoms. The number of hydrogen-bond donors (Lipinski definition) is 2. The van der Waals surface area contributed by atoms with Gasteiger partial charge in [0.1, 0.15) is 0 Å². The van der Waals surface area contributed by atoms with Crippen LogP contribution in [0, 0.1) is 5.92 Å². The van der Waals surface area contributed by atoms with Crippen LogP contribution in [0.25, 0.3) is 22.1 Å². The van der Waals surface area contributed by atoms with Crippen LogP contribution in [-0.2, 0) is 4.79 Å². The van der Waals surface area contributed by atoms with Crippen LogP contribution in [0.5, 0.6) is 0 Å². The summed E-state index contributed by atoms with van der Waals surface area (Å²) in [6.07, 6.45) is 4.03. The second-order valence-corrected chi connectivity index (χ2v) is 5.13. The number of aromatic nitrogens is 5. The highest BCUT2D eigenvalue weighted by Gasteiger charge is 2.29. The summed E-state index contributed by atoms with van der Waals surface area (Å²) in [5.41, 5.74) is 2.03. The molecule has 1 aliphatic heterocycles. The molecule has 106 valence electrons. The second-order valence-electron chi connectivity index (χ2n) is 5.13. The van der Waals surface area contributed by atoms with Crippen molar-refractivity contribution in [1.82, 2.24) is 25.4 Å². The Hall–Kier alpha value is -2.77. The first-order chi connectivity index (χ1) is 10.2. The molecule has 0 bridgehead atoms. The van der Waals surface area contributed by atoms with Gasteiger partial charge in [-0.25, -0.2) is 4.98 Å². The summed E-state index contributed by atoms with van der Waals surface area (Å²) in [5, 5.41) is 26.0. The standard InChI is InChI=1S/C13H12N6O2/c20-13(21)7-2-4-19(6-7)9-5-15-16-12-10(9)8-1-3-14-11(8)17-18-12/h1,3,5,7H,2,4,6H2,(H,16,18)(H,20,21). The summed E-state index contributed by atoms with van der Waals surface area (Å²) in [4.78, 5) is 17.3. The SMILES string of the molecule is O=C(O)C1CCN(c2cn[nH]c3nnc4nccc4c23)C1. The second kappa shape index (κ2) is 4.37. The first-order valence-corrected chi connectivity index (χ1v) is 6.66. The molecule has 2 N–H and O–H groups in total. The molecule has 0 aromatic carbocycles. The van der Waals surface area contributed by atoms with E-state index in [0.717, 1.165) is 16.5 Å². The maximum absolute atomic E-state index is 11.1.